The number of nitriles is 1. The molecule has 1 amide bonds. The summed E-state index contributed by atoms with van der Waals surface area (Å²) >= 11 is 1.54. The van der Waals surface area contributed by atoms with Crippen molar-refractivity contribution in [3.05, 3.63) is 27.5 Å². The van der Waals surface area contributed by atoms with Crippen molar-refractivity contribution in [1.29, 1.82) is 5.26 Å². The molecule has 0 unspecified atom stereocenters. The van der Waals surface area contributed by atoms with Crippen LogP contribution in [0, 0.1) is 18.3 Å². The number of hydrogen-bond acceptors (Lipinski definition) is 3. The molecular formula is C12H12N2OS. The fourth-order valence-electron chi connectivity index (χ4n) is 1.30. The predicted molar refractivity (Wildman–Crippen MR) is 63.8 cm³/mol. The summed E-state index contributed by atoms with van der Waals surface area (Å²) in [5, 5.41) is 13.7. The molecule has 0 saturated heterocycles. The molecular weight excluding hydrogens is 220 g/mol. The van der Waals surface area contributed by atoms with E-state index in [0.29, 0.717) is 0 Å². The Morgan fingerprint density at radius 1 is 1.69 bits per heavy atom. The van der Waals surface area contributed by atoms with Gasteiger partial charge in [0.05, 0.1) is 0 Å². The predicted octanol–water partition coefficient (Wildman–Crippen LogP) is 2.24. The highest BCUT2D eigenvalue weighted by Crippen LogP contribution is 2.21. The molecule has 1 fully saturated rings. The monoisotopic (exact) mass is 232 g/mol. The summed E-state index contributed by atoms with van der Waals surface area (Å²) in [5.74, 6) is -0.252. The Bertz CT molecular complexity index is 477. The number of nitrogens with one attached hydrogen (secondary N) is 1. The van der Waals surface area contributed by atoms with Gasteiger partial charge in [0.25, 0.3) is 5.91 Å². The van der Waals surface area contributed by atoms with Crippen LogP contribution in [0.3, 0.4) is 0 Å². The van der Waals surface area contributed by atoms with E-state index in [1.165, 1.54) is 11.3 Å². The second-order valence-corrected chi connectivity index (χ2v) is 4.83. The minimum atomic E-state index is -0.252. The third-order valence-electron chi connectivity index (χ3n) is 2.45. The molecule has 1 aromatic rings. The molecule has 1 aliphatic rings. The Kier molecular flexibility index (Phi) is 3.07. The maximum Gasteiger partial charge on any atom is 0.262 e. The van der Waals surface area contributed by atoms with Crippen molar-refractivity contribution in [3.8, 4) is 6.07 Å². The van der Waals surface area contributed by atoms with Gasteiger partial charge in [0.15, 0.2) is 0 Å². The van der Waals surface area contributed by atoms with Crippen LogP contribution in [0.4, 0.5) is 0 Å². The number of amides is 1. The van der Waals surface area contributed by atoms with Gasteiger partial charge >= 0.3 is 0 Å². The van der Waals surface area contributed by atoms with Crippen molar-refractivity contribution in [2.45, 2.75) is 25.8 Å². The van der Waals surface area contributed by atoms with Gasteiger partial charge in [-0.2, -0.15) is 5.26 Å². The van der Waals surface area contributed by atoms with Gasteiger partial charge in [-0.25, -0.2) is 0 Å². The minimum Gasteiger partial charge on any atom is -0.349 e. The molecule has 0 aromatic carbocycles. The topological polar surface area (TPSA) is 52.9 Å². The van der Waals surface area contributed by atoms with Gasteiger partial charge in [0, 0.05) is 10.9 Å². The number of rotatable bonds is 3. The van der Waals surface area contributed by atoms with Gasteiger partial charge in [-0.15, -0.1) is 11.3 Å². The number of carbonyl (C=O) groups excluding carboxylic acids is 1. The molecule has 1 aromatic heterocycles. The highest BCUT2D eigenvalue weighted by atomic mass is 32.1. The third kappa shape index (κ3) is 2.50. The van der Waals surface area contributed by atoms with Crippen molar-refractivity contribution < 1.29 is 4.79 Å². The van der Waals surface area contributed by atoms with Crippen molar-refractivity contribution in [2.24, 2.45) is 0 Å². The number of carbonyl (C=O) groups is 1. The van der Waals surface area contributed by atoms with Gasteiger partial charge in [0.1, 0.15) is 11.6 Å². The largest absolute Gasteiger partial charge is 0.349 e. The van der Waals surface area contributed by atoms with Crippen LogP contribution < -0.4 is 5.32 Å². The fourth-order valence-corrected chi connectivity index (χ4v) is 2.16. The van der Waals surface area contributed by atoms with Crippen LogP contribution in [0.25, 0.3) is 6.08 Å². The molecule has 0 bridgehead atoms. The smallest absolute Gasteiger partial charge is 0.262 e. The average molecular weight is 232 g/mol. The SMILES string of the molecule is Cc1ccsc1/C=C(\C#N)C(=O)NC1CC1. The summed E-state index contributed by atoms with van der Waals surface area (Å²) in [4.78, 5) is 12.6. The molecule has 2 rings (SSSR count). The van der Waals surface area contributed by atoms with Gasteiger partial charge in [-0.05, 0) is 42.9 Å². The lowest BCUT2D eigenvalue weighted by Gasteiger charge is -2.00. The zero-order chi connectivity index (χ0) is 11.5. The lowest BCUT2D eigenvalue weighted by Crippen LogP contribution is -2.26. The molecule has 0 atom stereocenters. The number of hydrogen-bond donors (Lipinski definition) is 1. The molecule has 82 valence electrons. The first-order valence-corrected chi connectivity index (χ1v) is 6.05. The summed E-state index contributed by atoms with van der Waals surface area (Å²) < 4.78 is 0. The lowest BCUT2D eigenvalue weighted by molar-refractivity contribution is -0.117. The summed E-state index contributed by atoms with van der Waals surface area (Å²) in [7, 11) is 0. The summed E-state index contributed by atoms with van der Waals surface area (Å²) in [6, 6.07) is 4.22. The van der Waals surface area contributed by atoms with E-state index in [1.807, 2.05) is 24.4 Å². The molecule has 0 spiro atoms. The normalized spacial score (nSPS) is 15.6. The van der Waals surface area contributed by atoms with Gasteiger partial charge < -0.3 is 5.32 Å². The molecule has 1 aliphatic carbocycles. The minimum absolute atomic E-state index is 0.192. The maximum absolute atomic E-state index is 11.7. The third-order valence-corrected chi connectivity index (χ3v) is 3.42. The van der Waals surface area contributed by atoms with Crippen LogP contribution in [0.5, 0.6) is 0 Å². The van der Waals surface area contributed by atoms with E-state index >= 15 is 0 Å². The number of nitrogens with zero attached hydrogens (tertiary/aromatic N) is 1. The highest BCUT2D eigenvalue weighted by Gasteiger charge is 2.24. The lowest BCUT2D eigenvalue weighted by atomic mass is 10.2. The van der Waals surface area contributed by atoms with Crippen LogP contribution in [-0.2, 0) is 4.79 Å². The number of thiophene rings is 1. The summed E-state index contributed by atoms with van der Waals surface area (Å²) in [6.45, 7) is 1.97. The van der Waals surface area contributed by atoms with Crippen LogP contribution in [-0.4, -0.2) is 11.9 Å². The Labute approximate surface area is 98.4 Å². The van der Waals surface area contributed by atoms with Gasteiger partial charge in [-0.1, -0.05) is 0 Å². The fraction of sp³-hybridized carbons (Fsp3) is 0.333. The first kappa shape index (κ1) is 10.9. The molecule has 0 aliphatic heterocycles. The van der Waals surface area contributed by atoms with E-state index in [4.69, 9.17) is 5.26 Å². The molecule has 1 N–H and O–H groups in total. The van der Waals surface area contributed by atoms with Gasteiger partial charge in [-0.3, -0.25) is 4.79 Å². The van der Waals surface area contributed by atoms with Crippen molar-refractivity contribution in [3.63, 3.8) is 0 Å². The number of aryl methyl sites for hydroxylation is 1. The van der Waals surface area contributed by atoms with Crippen molar-refractivity contribution in [2.75, 3.05) is 0 Å². The molecule has 1 heterocycles. The van der Waals surface area contributed by atoms with E-state index in [-0.39, 0.29) is 17.5 Å². The zero-order valence-electron chi connectivity index (χ0n) is 8.99. The summed E-state index contributed by atoms with van der Waals surface area (Å²) in [5.41, 5.74) is 1.29. The van der Waals surface area contributed by atoms with Crippen LogP contribution in [0.1, 0.15) is 23.3 Å². The van der Waals surface area contributed by atoms with Crippen LogP contribution in [0.15, 0.2) is 17.0 Å². The molecule has 0 radical (unpaired) electrons. The molecule has 4 heteroatoms. The van der Waals surface area contributed by atoms with Crippen LogP contribution >= 0.6 is 11.3 Å². The summed E-state index contributed by atoms with van der Waals surface area (Å²) in [6.07, 6.45) is 3.72. The van der Waals surface area contributed by atoms with Crippen molar-refractivity contribution >= 4 is 23.3 Å². The standard InChI is InChI=1S/C12H12N2OS/c1-8-4-5-16-11(8)6-9(7-13)12(15)14-10-2-3-10/h4-6,10H,2-3H2,1H3,(H,14,15)/b9-6+. The van der Waals surface area contributed by atoms with E-state index in [2.05, 4.69) is 5.32 Å². The Hall–Kier alpha value is -1.60. The highest BCUT2D eigenvalue weighted by molar-refractivity contribution is 7.11. The van der Waals surface area contributed by atoms with Gasteiger partial charge in [0.2, 0.25) is 0 Å². The Morgan fingerprint density at radius 3 is 2.94 bits per heavy atom. The van der Waals surface area contributed by atoms with Crippen molar-refractivity contribution in [1.82, 2.24) is 5.32 Å². The van der Waals surface area contributed by atoms with Crippen LogP contribution in [0.2, 0.25) is 0 Å². The quantitative estimate of drug-likeness (QED) is 0.642. The maximum atomic E-state index is 11.7. The second-order valence-electron chi connectivity index (χ2n) is 3.89. The molecule has 16 heavy (non-hydrogen) atoms. The molecule has 3 nitrogen and oxygen atoms in total. The van der Waals surface area contributed by atoms with E-state index in [1.54, 1.807) is 6.08 Å². The zero-order valence-corrected chi connectivity index (χ0v) is 9.80. The van der Waals surface area contributed by atoms with E-state index in [0.717, 1.165) is 23.3 Å². The second kappa shape index (κ2) is 4.50. The first-order valence-electron chi connectivity index (χ1n) is 5.17. The Morgan fingerprint density at radius 2 is 2.44 bits per heavy atom. The van der Waals surface area contributed by atoms with E-state index < -0.39 is 0 Å². The average Bonchev–Trinajstić information content (AvgIpc) is 2.98. The van der Waals surface area contributed by atoms with E-state index in [9.17, 15) is 4.79 Å². The Balaban J connectivity index is 2.15. The molecule has 1 saturated carbocycles. The first-order chi connectivity index (χ1) is 7.70.